The Labute approximate surface area is 123 Å². The minimum atomic E-state index is -3.64. The van der Waals surface area contributed by atoms with Crippen LogP contribution in [0.15, 0.2) is 23.1 Å². The molecular formula is C13H18N2O5S. The molecule has 0 bridgehead atoms. The number of carbonyl (C=O) groups excluding carboxylic acids is 1. The van der Waals surface area contributed by atoms with Crippen LogP contribution < -0.4 is 10.0 Å². The Kier molecular flexibility index (Phi) is 5.86. The van der Waals surface area contributed by atoms with Crippen LogP contribution in [0.25, 0.3) is 0 Å². The first-order valence-corrected chi connectivity index (χ1v) is 7.86. The summed E-state index contributed by atoms with van der Waals surface area (Å²) in [6, 6.07) is 4.24. The maximum Gasteiger partial charge on any atom is 0.305 e. The average Bonchev–Trinajstić information content (AvgIpc) is 2.38. The number of hydrogen-bond acceptors (Lipinski definition) is 4. The van der Waals surface area contributed by atoms with E-state index in [1.54, 1.807) is 13.8 Å². The minimum absolute atomic E-state index is 0.00154. The molecule has 0 unspecified atom stereocenters. The molecule has 0 saturated carbocycles. The van der Waals surface area contributed by atoms with Crippen molar-refractivity contribution in [3.8, 4) is 0 Å². The van der Waals surface area contributed by atoms with Crippen molar-refractivity contribution < 1.29 is 23.1 Å². The zero-order chi connectivity index (χ0) is 16.0. The molecule has 0 fully saturated rings. The molecule has 1 rings (SSSR count). The zero-order valence-corrected chi connectivity index (χ0v) is 12.7. The molecule has 0 aliphatic rings. The number of rotatable bonds is 7. The molecule has 0 aromatic heterocycles. The Morgan fingerprint density at radius 2 is 1.95 bits per heavy atom. The van der Waals surface area contributed by atoms with Crippen LogP contribution in [0.1, 0.15) is 29.3 Å². The van der Waals surface area contributed by atoms with Gasteiger partial charge in [0.05, 0.1) is 11.3 Å². The van der Waals surface area contributed by atoms with Gasteiger partial charge in [0.1, 0.15) is 0 Å². The van der Waals surface area contributed by atoms with Gasteiger partial charge in [-0.05, 0) is 24.6 Å². The number of benzene rings is 1. The van der Waals surface area contributed by atoms with E-state index < -0.39 is 21.9 Å². The highest BCUT2D eigenvalue weighted by atomic mass is 32.2. The molecule has 0 radical (unpaired) electrons. The number of carboxylic acid groups (broad SMARTS) is 1. The van der Waals surface area contributed by atoms with Crippen molar-refractivity contribution in [1.82, 2.24) is 10.0 Å². The number of carboxylic acids is 1. The predicted molar refractivity (Wildman–Crippen MR) is 76.6 cm³/mol. The minimum Gasteiger partial charge on any atom is -0.481 e. The smallest absolute Gasteiger partial charge is 0.305 e. The fourth-order valence-corrected chi connectivity index (χ4v) is 2.73. The van der Waals surface area contributed by atoms with Gasteiger partial charge in [0, 0.05) is 18.7 Å². The highest BCUT2D eigenvalue weighted by Gasteiger charge is 2.17. The quantitative estimate of drug-likeness (QED) is 0.678. The first-order chi connectivity index (χ1) is 9.77. The van der Waals surface area contributed by atoms with Crippen LogP contribution in [-0.4, -0.2) is 38.5 Å². The van der Waals surface area contributed by atoms with Gasteiger partial charge in [-0.3, -0.25) is 9.59 Å². The van der Waals surface area contributed by atoms with E-state index in [0.717, 1.165) is 0 Å². The van der Waals surface area contributed by atoms with Crippen LogP contribution in [0.5, 0.6) is 0 Å². The van der Waals surface area contributed by atoms with E-state index in [1.807, 2.05) is 0 Å². The number of amides is 1. The lowest BCUT2D eigenvalue weighted by Crippen LogP contribution is -2.28. The molecular weight excluding hydrogens is 296 g/mol. The van der Waals surface area contributed by atoms with E-state index in [4.69, 9.17) is 5.11 Å². The maximum absolute atomic E-state index is 12.0. The van der Waals surface area contributed by atoms with Gasteiger partial charge in [-0.15, -0.1) is 0 Å². The third kappa shape index (κ3) is 4.83. The van der Waals surface area contributed by atoms with E-state index in [0.29, 0.717) is 5.56 Å². The predicted octanol–water partition coefficient (Wildman–Crippen LogP) is 0.498. The highest BCUT2D eigenvalue weighted by Crippen LogP contribution is 2.15. The van der Waals surface area contributed by atoms with Crippen LogP contribution in [0.4, 0.5) is 0 Å². The van der Waals surface area contributed by atoms with Gasteiger partial charge in [0.2, 0.25) is 10.0 Å². The van der Waals surface area contributed by atoms with Gasteiger partial charge in [-0.1, -0.05) is 13.0 Å². The zero-order valence-electron chi connectivity index (χ0n) is 11.8. The second-order valence-corrected chi connectivity index (χ2v) is 6.14. The van der Waals surface area contributed by atoms with Gasteiger partial charge in [-0.25, -0.2) is 13.1 Å². The van der Waals surface area contributed by atoms with Crippen LogP contribution in [-0.2, 0) is 14.8 Å². The fourth-order valence-electron chi connectivity index (χ4n) is 1.66. The number of aryl methyl sites for hydroxylation is 1. The molecule has 8 heteroatoms. The van der Waals surface area contributed by atoms with Gasteiger partial charge in [0.25, 0.3) is 5.91 Å². The summed E-state index contributed by atoms with van der Waals surface area (Å²) in [5.41, 5.74) is 0.817. The lowest BCUT2D eigenvalue weighted by atomic mass is 10.1. The van der Waals surface area contributed by atoms with E-state index in [9.17, 15) is 18.0 Å². The molecule has 1 amide bonds. The highest BCUT2D eigenvalue weighted by molar-refractivity contribution is 7.89. The van der Waals surface area contributed by atoms with E-state index >= 15 is 0 Å². The van der Waals surface area contributed by atoms with Gasteiger partial charge < -0.3 is 10.4 Å². The van der Waals surface area contributed by atoms with Gasteiger partial charge in [0.15, 0.2) is 0 Å². The summed E-state index contributed by atoms with van der Waals surface area (Å²) in [4.78, 5) is 22.4. The summed E-state index contributed by atoms with van der Waals surface area (Å²) in [6.45, 7) is 3.56. The topological polar surface area (TPSA) is 113 Å². The summed E-state index contributed by atoms with van der Waals surface area (Å²) >= 11 is 0. The molecule has 3 N–H and O–H groups in total. The molecule has 1 aromatic carbocycles. The second-order valence-electron chi connectivity index (χ2n) is 4.38. The van der Waals surface area contributed by atoms with Crippen molar-refractivity contribution in [2.45, 2.75) is 25.2 Å². The summed E-state index contributed by atoms with van der Waals surface area (Å²) in [5.74, 6) is -1.52. The molecule has 0 atom stereocenters. The van der Waals surface area contributed by atoms with Crippen LogP contribution >= 0.6 is 0 Å². The fraction of sp³-hybridized carbons (Fsp3) is 0.385. The van der Waals surface area contributed by atoms with Crippen LogP contribution in [0.3, 0.4) is 0 Å². The molecule has 1 aromatic rings. The molecule has 21 heavy (non-hydrogen) atoms. The lowest BCUT2D eigenvalue weighted by Gasteiger charge is -2.10. The lowest BCUT2D eigenvalue weighted by molar-refractivity contribution is -0.136. The Balaban J connectivity index is 2.97. The largest absolute Gasteiger partial charge is 0.481 e. The molecule has 0 spiro atoms. The summed E-state index contributed by atoms with van der Waals surface area (Å²) in [7, 11) is -3.64. The maximum atomic E-state index is 12.0. The third-order valence-electron chi connectivity index (χ3n) is 2.72. The Bertz CT molecular complexity index is 640. The number of aliphatic carboxylic acids is 1. The number of nitrogens with one attached hydrogen (secondary N) is 2. The van der Waals surface area contributed by atoms with E-state index in [2.05, 4.69) is 10.0 Å². The number of carbonyl (C=O) groups is 2. The molecule has 0 aliphatic heterocycles. The number of hydrogen-bond donors (Lipinski definition) is 3. The summed E-state index contributed by atoms with van der Waals surface area (Å²) in [6.07, 6.45) is -0.194. The first kappa shape index (κ1) is 17.1. The third-order valence-corrected chi connectivity index (χ3v) is 4.27. The average molecular weight is 314 g/mol. The van der Waals surface area contributed by atoms with E-state index in [1.165, 1.54) is 18.2 Å². The normalized spacial score (nSPS) is 11.1. The number of sulfonamides is 1. The van der Waals surface area contributed by atoms with Crippen LogP contribution in [0, 0.1) is 6.92 Å². The van der Waals surface area contributed by atoms with Crippen molar-refractivity contribution >= 4 is 21.9 Å². The van der Waals surface area contributed by atoms with Crippen molar-refractivity contribution in [3.63, 3.8) is 0 Å². The SMILES string of the molecule is CCNS(=O)(=O)c1ccc(C)c(C(=O)NCCC(=O)O)c1. The standard InChI is InChI=1S/C13H18N2O5S/c1-3-15-21(19,20)10-5-4-9(2)11(8-10)13(18)14-7-6-12(16)17/h4-5,8,15H,3,6-7H2,1-2H3,(H,14,18)(H,16,17). The summed E-state index contributed by atoms with van der Waals surface area (Å²) in [5, 5.41) is 11.0. The van der Waals surface area contributed by atoms with E-state index in [-0.39, 0.29) is 30.0 Å². The monoisotopic (exact) mass is 314 g/mol. The van der Waals surface area contributed by atoms with Crippen molar-refractivity contribution in [1.29, 1.82) is 0 Å². The van der Waals surface area contributed by atoms with Gasteiger partial charge in [-0.2, -0.15) is 0 Å². The van der Waals surface area contributed by atoms with Crippen molar-refractivity contribution in [2.75, 3.05) is 13.1 Å². The van der Waals surface area contributed by atoms with Crippen molar-refractivity contribution in [3.05, 3.63) is 29.3 Å². The van der Waals surface area contributed by atoms with Crippen LogP contribution in [0.2, 0.25) is 0 Å². The Hall–Kier alpha value is -1.93. The molecule has 0 heterocycles. The Morgan fingerprint density at radius 1 is 1.29 bits per heavy atom. The second kappa shape index (κ2) is 7.19. The van der Waals surface area contributed by atoms with Crippen molar-refractivity contribution in [2.24, 2.45) is 0 Å². The Morgan fingerprint density at radius 3 is 2.52 bits per heavy atom. The molecule has 7 nitrogen and oxygen atoms in total. The summed E-state index contributed by atoms with van der Waals surface area (Å²) < 4.78 is 26.1. The molecule has 0 aliphatic carbocycles. The van der Waals surface area contributed by atoms with Gasteiger partial charge >= 0.3 is 5.97 Å². The molecule has 0 saturated heterocycles. The first-order valence-electron chi connectivity index (χ1n) is 6.38. The molecule has 116 valence electrons.